The standard InChI is InChI=1S/C35H32Cl2N2O6S/c1-21-6-14-30(15-7-21)46(42,43)38(19-25-9-10-26(36)17-31(25)37)20-29-13-12-28(45-29)18-32-34(40)33(35(41)44-5)24(4)39(32)27-11-8-22(2)23(3)16-27/h6-18H,19-20H2,1-5H3/b32-18+. The summed E-state index contributed by atoms with van der Waals surface area (Å²) in [7, 11) is -2.77. The van der Waals surface area contributed by atoms with Crippen molar-refractivity contribution < 1.29 is 27.2 Å². The number of hydrogen-bond acceptors (Lipinski definition) is 7. The van der Waals surface area contributed by atoms with E-state index in [0.717, 1.165) is 16.7 Å². The van der Waals surface area contributed by atoms with Crippen molar-refractivity contribution in [3.05, 3.63) is 134 Å². The minimum atomic E-state index is -4.00. The van der Waals surface area contributed by atoms with Crippen LogP contribution in [0.1, 0.15) is 40.7 Å². The minimum absolute atomic E-state index is 0.0476. The molecule has 46 heavy (non-hydrogen) atoms. The Labute approximate surface area is 278 Å². The third-order valence-corrected chi connectivity index (χ3v) is 10.2. The molecule has 4 aromatic rings. The first-order chi connectivity index (χ1) is 21.8. The summed E-state index contributed by atoms with van der Waals surface area (Å²) in [5.74, 6) is -0.629. The molecular weight excluding hydrogens is 647 g/mol. The summed E-state index contributed by atoms with van der Waals surface area (Å²) in [4.78, 5) is 28.0. The maximum absolute atomic E-state index is 13.9. The number of nitrogens with zero attached hydrogens (tertiary/aromatic N) is 2. The molecule has 0 aliphatic carbocycles. The Morgan fingerprint density at radius 2 is 1.63 bits per heavy atom. The first-order valence-corrected chi connectivity index (χ1v) is 16.5. The number of halogens is 2. The number of esters is 1. The lowest BCUT2D eigenvalue weighted by Crippen LogP contribution is -2.30. The van der Waals surface area contributed by atoms with Gasteiger partial charge < -0.3 is 14.1 Å². The van der Waals surface area contributed by atoms with Crippen molar-refractivity contribution in [1.82, 2.24) is 4.31 Å². The van der Waals surface area contributed by atoms with Gasteiger partial charge in [-0.05, 0) is 92.9 Å². The lowest BCUT2D eigenvalue weighted by molar-refractivity contribution is -0.137. The Kier molecular flexibility index (Phi) is 9.60. The monoisotopic (exact) mass is 678 g/mol. The predicted octanol–water partition coefficient (Wildman–Crippen LogP) is 7.78. The third-order valence-electron chi connectivity index (χ3n) is 7.85. The van der Waals surface area contributed by atoms with Gasteiger partial charge >= 0.3 is 5.97 Å². The Hall–Kier alpha value is -4.15. The van der Waals surface area contributed by atoms with Crippen molar-refractivity contribution in [2.24, 2.45) is 0 Å². The SMILES string of the molecule is COC(=O)C1=C(C)N(c2ccc(C)c(C)c2)/C(=C/c2ccc(CN(Cc3ccc(Cl)cc3Cl)S(=O)(=O)c3ccc(C)cc3)o2)C1=O. The molecule has 0 N–H and O–H groups in total. The van der Waals surface area contributed by atoms with E-state index in [1.165, 1.54) is 17.5 Å². The number of Topliss-reactive ketones (excluding diaryl/α,β-unsaturated/α-hetero) is 1. The molecular formula is C35H32Cl2N2O6S. The molecule has 11 heteroatoms. The highest BCUT2D eigenvalue weighted by atomic mass is 35.5. The molecule has 1 aliphatic rings. The topological polar surface area (TPSA) is 97.1 Å². The van der Waals surface area contributed by atoms with Gasteiger partial charge in [0.25, 0.3) is 0 Å². The zero-order valence-electron chi connectivity index (χ0n) is 25.9. The summed E-state index contributed by atoms with van der Waals surface area (Å²) >= 11 is 12.5. The van der Waals surface area contributed by atoms with E-state index < -0.39 is 21.8 Å². The van der Waals surface area contributed by atoms with Gasteiger partial charge in [-0.2, -0.15) is 4.31 Å². The molecule has 3 aromatic carbocycles. The van der Waals surface area contributed by atoms with E-state index in [2.05, 4.69) is 0 Å². The van der Waals surface area contributed by atoms with Crippen LogP contribution in [-0.2, 0) is 37.4 Å². The Morgan fingerprint density at radius 3 is 2.28 bits per heavy atom. The molecule has 0 saturated heterocycles. The summed E-state index contributed by atoms with van der Waals surface area (Å²) in [5, 5.41) is 0.763. The molecule has 0 bridgehead atoms. The van der Waals surface area contributed by atoms with E-state index in [0.29, 0.717) is 38.5 Å². The van der Waals surface area contributed by atoms with Crippen molar-refractivity contribution in [2.45, 2.75) is 45.7 Å². The van der Waals surface area contributed by atoms with Crippen LogP contribution in [0.4, 0.5) is 5.69 Å². The fraction of sp³-hybridized carbons (Fsp3) is 0.200. The van der Waals surface area contributed by atoms with E-state index in [1.807, 2.05) is 39.0 Å². The van der Waals surface area contributed by atoms with E-state index in [9.17, 15) is 18.0 Å². The largest absolute Gasteiger partial charge is 0.465 e. The van der Waals surface area contributed by atoms with E-state index in [1.54, 1.807) is 66.4 Å². The Bertz CT molecular complexity index is 2010. The quantitative estimate of drug-likeness (QED) is 0.101. The zero-order valence-corrected chi connectivity index (χ0v) is 28.3. The smallest absolute Gasteiger partial charge is 0.343 e. The first kappa shape index (κ1) is 33.2. The van der Waals surface area contributed by atoms with Crippen LogP contribution in [-0.4, -0.2) is 31.6 Å². The highest BCUT2D eigenvalue weighted by Crippen LogP contribution is 2.37. The van der Waals surface area contributed by atoms with Crippen LogP contribution in [0.25, 0.3) is 6.08 Å². The normalized spacial score (nSPS) is 14.6. The summed E-state index contributed by atoms with van der Waals surface area (Å²) in [6, 6.07) is 20.5. The van der Waals surface area contributed by atoms with Crippen LogP contribution < -0.4 is 4.90 Å². The number of ether oxygens (including phenoxy) is 1. The second kappa shape index (κ2) is 13.3. The van der Waals surface area contributed by atoms with Crippen LogP contribution in [0.3, 0.4) is 0 Å². The van der Waals surface area contributed by atoms with Gasteiger partial charge in [-0.25, -0.2) is 13.2 Å². The molecule has 238 valence electrons. The predicted molar refractivity (Wildman–Crippen MR) is 179 cm³/mol. The molecule has 2 heterocycles. The molecule has 0 radical (unpaired) electrons. The number of allylic oxidation sites excluding steroid dienone is 2. The minimum Gasteiger partial charge on any atom is -0.465 e. The fourth-order valence-electron chi connectivity index (χ4n) is 5.15. The fourth-order valence-corrected chi connectivity index (χ4v) is 7.00. The number of methoxy groups -OCH3 is 1. The van der Waals surface area contributed by atoms with Crippen LogP contribution >= 0.6 is 23.2 Å². The number of anilines is 1. The average molecular weight is 680 g/mol. The van der Waals surface area contributed by atoms with Gasteiger partial charge in [0.1, 0.15) is 17.1 Å². The number of aryl methyl sites for hydroxylation is 3. The molecule has 0 amide bonds. The number of benzene rings is 3. The van der Waals surface area contributed by atoms with Crippen LogP contribution in [0.5, 0.6) is 0 Å². The maximum atomic E-state index is 13.9. The van der Waals surface area contributed by atoms with E-state index in [4.69, 9.17) is 32.4 Å². The Morgan fingerprint density at radius 1 is 0.913 bits per heavy atom. The van der Waals surface area contributed by atoms with Gasteiger partial charge in [-0.3, -0.25) is 4.79 Å². The number of ketones is 1. The number of hydrogen-bond donors (Lipinski definition) is 0. The van der Waals surface area contributed by atoms with Gasteiger partial charge in [0.15, 0.2) is 0 Å². The van der Waals surface area contributed by atoms with Crippen LogP contribution in [0.15, 0.2) is 99.1 Å². The highest BCUT2D eigenvalue weighted by molar-refractivity contribution is 7.89. The summed E-state index contributed by atoms with van der Waals surface area (Å²) in [6.45, 7) is 7.34. The second-order valence-corrected chi connectivity index (χ2v) is 13.8. The van der Waals surface area contributed by atoms with Gasteiger partial charge in [0.05, 0.1) is 24.2 Å². The van der Waals surface area contributed by atoms with Gasteiger partial charge in [0, 0.05) is 34.1 Å². The number of carbonyl (C=O) groups excluding carboxylic acids is 2. The van der Waals surface area contributed by atoms with Crippen LogP contribution in [0.2, 0.25) is 10.0 Å². The van der Waals surface area contributed by atoms with Gasteiger partial charge in [-0.1, -0.05) is 53.0 Å². The van der Waals surface area contributed by atoms with Crippen molar-refractivity contribution in [3.8, 4) is 0 Å². The molecule has 1 aromatic heterocycles. The number of sulfonamides is 1. The van der Waals surface area contributed by atoms with Crippen molar-refractivity contribution in [3.63, 3.8) is 0 Å². The summed E-state index contributed by atoms with van der Waals surface area (Å²) in [6.07, 6.45) is 1.54. The molecule has 5 rings (SSSR count). The average Bonchev–Trinajstić information content (AvgIpc) is 3.55. The number of rotatable bonds is 9. The molecule has 0 unspecified atom stereocenters. The molecule has 0 spiro atoms. The van der Waals surface area contributed by atoms with Crippen molar-refractivity contribution in [2.75, 3.05) is 12.0 Å². The van der Waals surface area contributed by atoms with E-state index >= 15 is 0 Å². The lowest BCUT2D eigenvalue weighted by Gasteiger charge is -2.22. The van der Waals surface area contributed by atoms with Crippen molar-refractivity contribution in [1.29, 1.82) is 0 Å². The molecule has 8 nitrogen and oxygen atoms in total. The molecule has 0 fully saturated rings. The lowest BCUT2D eigenvalue weighted by atomic mass is 10.1. The van der Waals surface area contributed by atoms with Gasteiger partial charge in [-0.15, -0.1) is 0 Å². The zero-order chi connectivity index (χ0) is 33.3. The summed E-state index contributed by atoms with van der Waals surface area (Å²) < 4.78 is 40.0. The number of carbonyl (C=O) groups is 2. The molecule has 1 aliphatic heterocycles. The first-order valence-electron chi connectivity index (χ1n) is 14.3. The number of furan rings is 1. The summed E-state index contributed by atoms with van der Waals surface area (Å²) in [5.41, 5.74) is 4.82. The molecule has 0 atom stereocenters. The van der Waals surface area contributed by atoms with Crippen LogP contribution in [0, 0.1) is 20.8 Å². The highest BCUT2D eigenvalue weighted by Gasteiger charge is 2.38. The maximum Gasteiger partial charge on any atom is 0.343 e. The van der Waals surface area contributed by atoms with Crippen molar-refractivity contribution >= 4 is 56.7 Å². The Balaban J connectivity index is 1.52. The molecule has 0 saturated carbocycles. The van der Waals surface area contributed by atoms with E-state index in [-0.39, 0.29) is 29.3 Å². The van der Waals surface area contributed by atoms with Gasteiger partial charge in [0.2, 0.25) is 15.8 Å². The third kappa shape index (κ3) is 6.69. The second-order valence-electron chi connectivity index (χ2n) is 11.0.